The maximum Gasteiger partial charge on any atom is 0.0998 e. The quantitative estimate of drug-likeness (QED) is 0.516. The van der Waals surface area contributed by atoms with Crippen molar-refractivity contribution in [1.82, 2.24) is 0 Å². The highest BCUT2D eigenvalue weighted by atomic mass is 16.5. The molecule has 0 aromatic heterocycles. The van der Waals surface area contributed by atoms with E-state index in [0.29, 0.717) is 5.92 Å². The van der Waals surface area contributed by atoms with Gasteiger partial charge in [0.15, 0.2) is 0 Å². The van der Waals surface area contributed by atoms with E-state index in [9.17, 15) is 0 Å². The molecular weight excluding hydrogens is 136 g/mol. The third-order valence-electron chi connectivity index (χ3n) is 2.68. The molecule has 0 N–H and O–H groups in total. The molecule has 1 heteroatoms. The number of allylic oxidation sites excluding steroid dienone is 3. The molecule has 1 atom stereocenters. The minimum atomic E-state index is 0.687. The fraction of sp³-hybridized carbons (Fsp3) is 0.600. The van der Waals surface area contributed by atoms with Gasteiger partial charge in [0.2, 0.25) is 0 Å². The Morgan fingerprint density at radius 3 is 3.18 bits per heavy atom. The van der Waals surface area contributed by atoms with Gasteiger partial charge < -0.3 is 4.74 Å². The molecule has 60 valence electrons. The number of ether oxygens (including phenoxy) is 1. The van der Waals surface area contributed by atoms with Crippen LogP contribution in [0.2, 0.25) is 0 Å². The smallest absolute Gasteiger partial charge is 0.0998 e. The Bertz CT molecular complexity index is 235. The van der Waals surface area contributed by atoms with E-state index in [1.807, 2.05) is 0 Å². The average Bonchev–Trinajstić information content (AvgIpc) is 2.36. The van der Waals surface area contributed by atoms with E-state index < -0.39 is 0 Å². The lowest BCUT2D eigenvalue weighted by molar-refractivity contribution is 0.227. The van der Waals surface area contributed by atoms with E-state index in [0.717, 1.165) is 19.4 Å². The standard InChI is InChI=1S/C10H14O/c1-7-5-9-3-4-11-10(9)6-8(7)2/h5,8H,3-4,6H2,1-2H3. The molecule has 0 saturated heterocycles. The minimum Gasteiger partial charge on any atom is -0.497 e. The van der Waals surface area contributed by atoms with Crippen molar-refractivity contribution in [3.05, 3.63) is 23.0 Å². The molecule has 1 aliphatic heterocycles. The zero-order chi connectivity index (χ0) is 7.84. The minimum absolute atomic E-state index is 0.687. The van der Waals surface area contributed by atoms with Crippen molar-refractivity contribution in [2.45, 2.75) is 26.7 Å². The van der Waals surface area contributed by atoms with Crippen LogP contribution < -0.4 is 0 Å². The lowest BCUT2D eigenvalue weighted by Crippen LogP contribution is -2.04. The van der Waals surface area contributed by atoms with Gasteiger partial charge in [-0.25, -0.2) is 0 Å². The normalized spacial score (nSPS) is 29.6. The van der Waals surface area contributed by atoms with Crippen LogP contribution in [0.3, 0.4) is 0 Å². The van der Waals surface area contributed by atoms with Crippen LogP contribution in [0.1, 0.15) is 26.7 Å². The van der Waals surface area contributed by atoms with Crippen LogP contribution in [0.4, 0.5) is 0 Å². The molecule has 0 radical (unpaired) electrons. The van der Waals surface area contributed by atoms with Gasteiger partial charge in [-0.3, -0.25) is 0 Å². The van der Waals surface area contributed by atoms with E-state index in [-0.39, 0.29) is 0 Å². The molecule has 0 aromatic carbocycles. The Balaban J connectivity index is 2.29. The number of hydrogen-bond acceptors (Lipinski definition) is 1. The summed E-state index contributed by atoms with van der Waals surface area (Å²) < 4.78 is 5.51. The summed E-state index contributed by atoms with van der Waals surface area (Å²) in [6, 6.07) is 0. The largest absolute Gasteiger partial charge is 0.497 e. The van der Waals surface area contributed by atoms with Gasteiger partial charge in [-0.15, -0.1) is 0 Å². The predicted octanol–water partition coefficient (Wildman–Crippen LogP) is 2.65. The van der Waals surface area contributed by atoms with Crippen molar-refractivity contribution >= 4 is 0 Å². The van der Waals surface area contributed by atoms with Gasteiger partial charge >= 0.3 is 0 Å². The second-order valence-electron chi connectivity index (χ2n) is 3.54. The lowest BCUT2D eigenvalue weighted by Gasteiger charge is -2.18. The summed E-state index contributed by atoms with van der Waals surface area (Å²) in [6.07, 6.45) is 4.55. The molecule has 0 bridgehead atoms. The zero-order valence-electron chi connectivity index (χ0n) is 7.18. The van der Waals surface area contributed by atoms with Crippen LogP contribution in [0.25, 0.3) is 0 Å². The molecule has 1 heterocycles. The first-order valence-electron chi connectivity index (χ1n) is 4.30. The first kappa shape index (κ1) is 6.96. The van der Waals surface area contributed by atoms with Crippen molar-refractivity contribution in [2.75, 3.05) is 6.61 Å². The molecule has 0 saturated carbocycles. The highest BCUT2D eigenvalue weighted by Gasteiger charge is 2.21. The summed E-state index contributed by atoms with van der Waals surface area (Å²) in [5, 5.41) is 0. The fourth-order valence-electron chi connectivity index (χ4n) is 1.72. The molecule has 2 rings (SSSR count). The highest BCUT2D eigenvalue weighted by molar-refractivity contribution is 5.33. The number of rotatable bonds is 0. The van der Waals surface area contributed by atoms with Gasteiger partial charge in [0, 0.05) is 12.8 Å². The average molecular weight is 150 g/mol. The van der Waals surface area contributed by atoms with Gasteiger partial charge in [-0.05, 0) is 18.4 Å². The third kappa shape index (κ3) is 1.09. The summed E-state index contributed by atoms with van der Waals surface area (Å²) in [7, 11) is 0. The van der Waals surface area contributed by atoms with Crippen molar-refractivity contribution in [1.29, 1.82) is 0 Å². The van der Waals surface area contributed by atoms with Gasteiger partial charge in [-0.1, -0.05) is 18.6 Å². The number of hydrogen-bond donors (Lipinski definition) is 0. The molecule has 11 heavy (non-hydrogen) atoms. The van der Waals surface area contributed by atoms with E-state index >= 15 is 0 Å². The fourth-order valence-corrected chi connectivity index (χ4v) is 1.72. The summed E-state index contributed by atoms with van der Waals surface area (Å²) in [5.41, 5.74) is 2.95. The molecule has 1 aliphatic carbocycles. The van der Waals surface area contributed by atoms with Crippen LogP contribution in [0.5, 0.6) is 0 Å². The van der Waals surface area contributed by atoms with Crippen LogP contribution in [-0.2, 0) is 4.74 Å². The van der Waals surface area contributed by atoms with Crippen molar-refractivity contribution < 1.29 is 4.74 Å². The Morgan fingerprint density at radius 1 is 1.55 bits per heavy atom. The Kier molecular flexibility index (Phi) is 1.52. The van der Waals surface area contributed by atoms with Crippen molar-refractivity contribution in [3.63, 3.8) is 0 Å². The topological polar surface area (TPSA) is 9.23 Å². The van der Waals surface area contributed by atoms with Crippen LogP contribution in [0.15, 0.2) is 23.0 Å². The first-order chi connectivity index (χ1) is 5.27. The van der Waals surface area contributed by atoms with E-state index in [1.165, 1.54) is 16.9 Å². The molecule has 0 aromatic rings. The predicted molar refractivity (Wildman–Crippen MR) is 45.1 cm³/mol. The maximum atomic E-state index is 5.51. The van der Waals surface area contributed by atoms with Gasteiger partial charge in [0.05, 0.1) is 12.4 Å². The SMILES string of the molecule is CC1=CC2=C(CC1C)OCC2. The summed E-state index contributed by atoms with van der Waals surface area (Å²) in [6.45, 7) is 5.38. The monoisotopic (exact) mass is 150 g/mol. The Hall–Kier alpha value is -0.720. The second-order valence-corrected chi connectivity index (χ2v) is 3.54. The molecule has 2 aliphatic rings. The summed E-state index contributed by atoms with van der Waals surface area (Å²) in [4.78, 5) is 0. The lowest BCUT2D eigenvalue weighted by atomic mass is 9.90. The van der Waals surface area contributed by atoms with Gasteiger partial charge in [0.1, 0.15) is 0 Å². The first-order valence-corrected chi connectivity index (χ1v) is 4.30. The molecule has 1 unspecified atom stereocenters. The van der Waals surface area contributed by atoms with Gasteiger partial charge in [0.25, 0.3) is 0 Å². The molecular formula is C10H14O. The molecule has 1 nitrogen and oxygen atoms in total. The van der Waals surface area contributed by atoms with Crippen molar-refractivity contribution in [2.24, 2.45) is 5.92 Å². The van der Waals surface area contributed by atoms with Crippen LogP contribution in [0, 0.1) is 5.92 Å². The van der Waals surface area contributed by atoms with E-state index in [4.69, 9.17) is 4.74 Å². The summed E-state index contributed by atoms with van der Waals surface area (Å²) >= 11 is 0. The van der Waals surface area contributed by atoms with Crippen molar-refractivity contribution in [3.8, 4) is 0 Å². The molecule has 0 fully saturated rings. The molecule has 0 amide bonds. The second kappa shape index (κ2) is 2.40. The van der Waals surface area contributed by atoms with Crippen LogP contribution in [-0.4, -0.2) is 6.61 Å². The third-order valence-corrected chi connectivity index (χ3v) is 2.68. The maximum absolute atomic E-state index is 5.51. The summed E-state index contributed by atoms with van der Waals surface area (Å²) in [5.74, 6) is 1.94. The van der Waals surface area contributed by atoms with Gasteiger partial charge in [-0.2, -0.15) is 0 Å². The Morgan fingerprint density at radius 2 is 2.36 bits per heavy atom. The zero-order valence-corrected chi connectivity index (χ0v) is 7.18. The van der Waals surface area contributed by atoms with E-state index in [1.54, 1.807) is 0 Å². The Labute approximate surface area is 67.7 Å². The highest BCUT2D eigenvalue weighted by Crippen LogP contribution is 2.34. The van der Waals surface area contributed by atoms with Crippen LogP contribution >= 0.6 is 0 Å². The van der Waals surface area contributed by atoms with E-state index in [2.05, 4.69) is 19.9 Å². The molecule has 0 spiro atoms.